The molecule has 34 heavy (non-hydrogen) atoms. The molecule has 2 aliphatic rings. The molecule has 0 atom stereocenters. The van der Waals surface area contributed by atoms with Crippen LogP contribution in [-0.2, 0) is 28.2 Å². The lowest BCUT2D eigenvalue weighted by Crippen LogP contribution is -2.45. The van der Waals surface area contributed by atoms with Gasteiger partial charge in [-0.05, 0) is 49.7 Å². The number of likely N-dealkylation sites (N-methyl/N-ethyl adjacent to an activating group) is 1. The number of likely N-dealkylation sites (tertiary alicyclic amines) is 1. The molecule has 1 saturated heterocycles. The topological polar surface area (TPSA) is 77.7 Å². The molecule has 2 aliphatic heterocycles. The summed E-state index contributed by atoms with van der Waals surface area (Å²) in [6.45, 7) is 3.37. The van der Waals surface area contributed by atoms with Crippen LogP contribution in [-0.4, -0.2) is 66.9 Å². The van der Waals surface area contributed by atoms with Crippen molar-refractivity contribution in [2.45, 2.75) is 31.5 Å². The van der Waals surface area contributed by atoms with Gasteiger partial charge in [-0.1, -0.05) is 42.5 Å². The van der Waals surface area contributed by atoms with E-state index >= 15 is 0 Å². The second kappa shape index (κ2) is 9.24. The highest BCUT2D eigenvalue weighted by atomic mass is 16.5. The number of carbonyl (C=O) groups excluding carboxylic acids is 2. The van der Waals surface area contributed by atoms with Gasteiger partial charge in [0, 0.05) is 37.1 Å². The van der Waals surface area contributed by atoms with Crippen molar-refractivity contribution in [2.75, 3.05) is 40.3 Å². The first kappa shape index (κ1) is 22.6. The smallest absolute Gasteiger partial charge is 0.270 e. The molecule has 178 valence electrons. The highest BCUT2D eigenvalue weighted by Gasteiger charge is 2.43. The molecule has 2 aromatic carbocycles. The number of carbonyl (C=O) groups is 2. The maximum absolute atomic E-state index is 13.3. The zero-order valence-electron chi connectivity index (χ0n) is 19.9. The Balaban J connectivity index is 1.27. The molecule has 7 heteroatoms. The van der Waals surface area contributed by atoms with Gasteiger partial charge in [-0.15, -0.1) is 0 Å². The first-order valence-corrected chi connectivity index (χ1v) is 12.0. The van der Waals surface area contributed by atoms with Crippen molar-refractivity contribution >= 4 is 22.7 Å². The fourth-order valence-corrected chi connectivity index (χ4v) is 5.18. The molecule has 0 unspecified atom stereocenters. The number of benzene rings is 2. The van der Waals surface area contributed by atoms with Crippen LogP contribution in [0.4, 0.5) is 0 Å². The summed E-state index contributed by atoms with van der Waals surface area (Å²) in [6, 6.07) is 16.2. The molecule has 7 nitrogen and oxygen atoms in total. The fourth-order valence-electron chi connectivity index (χ4n) is 5.18. The standard InChI is InChI=1S/C27H32N4O3/c1-30(2)15-12-28-24(32)17-20-8-5-7-19-16-23(29-25(19)20)26(33)31-13-10-27(11-14-31)22-9-4-3-6-21(22)18-34-27/h3-9,16,29H,10-15,17-18H2,1-2H3,(H,28,32). The molecule has 3 aromatic rings. The third kappa shape index (κ3) is 4.33. The third-order valence-electron chi connectivity index (χ3n) is 7.08. The molecule has 0 radical (unpaired) electrons. The summed E-state index contributed by atoms with van der Waals surface area (Å²) in [4.78, 5) is 33.0. The van der Waals surface area contributed by atoms with E-state index in [1.807, 2.05) is 48.2 Å². The van der Waals surface area contributed by atoms with E-state index in [1.165, 1.54) is 11.1 Å². The Morgan fingerprint density at radius 3 is 2.71 bits per heavy atom. The van der Waals surface area contributed by atoms with Gasteiger partial charge in [0.05, 0.1) is 18.6 Å². The summed E-state index contributed by atoms with van der Waals surface area (Å²) in [5.41, 5.74) is 4.60. The summed E-state index contributed by atoms with van der Waals surface area (Å²) in [6.07, 6.45) is 1.88. The molecular formula is C27H32N4O3. The van der Waals surface area contributed by atoms with E-state index in [-0.39, 0.29) is 23.8 Å². The summed E-state index contributed by atoms with van der Waals surface area (Å²) < 4.78 is 6.24. The lowest BCUT2D eigenvalue weighted by atomic mass is 9.84. The molecule has 2 N–H and O–H groups in total. The van der Waals surface area contributed by atoms with Crippen LogP contribution in [0, 0.1) is 0 Å². The lowest BCUT2D eigenvalue weighted by Gasteiger charge is -2.39. The number of piperidine rings is 1. The monoisotopic (exact) mass is 460 g/mol. The average molecular weight is 461 g/mol. The highest BCUT2D eigenvalue weighted by molar-refractivity contribution is 5.99. The van der Waals surface area contributed by atoms with Gasteiger partial charge in [-0.2, -0.15) is 0 Å². The van der Waals surface area contributed by atoms with Crippen LogP contribution in [0.1, 0.15) is 40.0 Å². The van der Waals surface area contributed by atoms with Crippen LogP contribution >= 0.6 is 0 Å². The van der Waals surface area contributed by atoms with Gasteiger partial charge in [0.2, 0.25) is 5.91 Å². The maximum atomic E-state index is 13.3. The van der Waals surface area contributed by atoms with Crippen molar-refractivity contribution < 1.29 is 14.3 Å². The van der Waals surface area contributed by atoms with E-state index < -0.39 is 0 Å². The van der Waals surface area contributed by atoms with Gasteiger partial charge in [0.1, 0.15) is 5.69 Å². The first-order chi connectivity index (χ1) is 16.4. The second-order valence-electron chi connectivity index (χ2n) is 9.63. The van der Waals surface area contributed by atoms with Crippen molar-refractivity contribution in [1.29, 1.82) is 0 Å². The minimum atomic E-state index is -0.263. The number of H-pyrrole nitrogens is 1. The van der Waals surface area contributed by atoms with E-state index in [4.69, 9.17) is 4.74 Å². The van der Waals surface area contributed by atoms with Crippen LogP contribution in [0.3, 0.4) is 0 Å². The SMILES string of the molecule is CN(C)CCNC(=O)Cc1cccc2cc(C(=O)N3CCC4(CC3)OCc3ccccc34)[nH]c12. The fraction of sp³-hybridized carbons (Fsp3) is 0.407. The normalized spacial score (nSPS) is 16.9. The Bertz CT molecular complexity index is 1210. The van der Waals surface area contributed by atoms with E-state index in [0.717, 1.165) is 35.9 Å². The van der Waals surface area contributed by atoms with E-state index in [1.54, 1.807) is 0 Å². The van der Waals surface area contributed by atoms with Gasteiger partial charge < -0.3 is 24.8 Å². The quantitative estimate of drug-likeness (QED) is 0.593. The van der Waals surface area contributed by atoms with Crippen LogP contribution < -0.4 is 5.32 Å². The molecule has 1 aromatic heterocycles. The minimum Gasteiger partial charge on any atom is -0.365 e. The van der Waals surface area contributed by atoms with E-state index in [0.29, 0.717) is 31.9 Å². The lowest BCUT2D eigenvalue weighted by molar-refractivity contribution is -0.120. The molecule has 3 heterocycles. The predicted octanol–water partition coefficient (Wildman–Crippen LogP) is 3.05. The maximum Gasteiger partial charge on any atom is 0.270 e. The van der Waals surface area contributed by atoms with Gasteiger partial charge >= 0.3 is 0 Å². The Morgan fingerprint density at radius 1 is 1.12 bits per heavy atom. The number of rotatable bonds is 6. The summed E-state index contributed by atoms with van der Waals surface area (Å²) >= 11 is 0. The summed E-state index contributed by atoms with van der Waals surface area (Å²) in [5, 5.41) is 3.91. The van der Waals surface area contributed by atoms with Crippen LogP contribution in [0.5, 0.6) is 0 Å². The number of aromatic amines is 1. The number of nitrogens with zero attached hydrogens (tertiary/aromatic N) is 2. The molecule has 0 bridgehead atoms. The summed E-state index contributed by atoms with van der Waals surface area (Å²) in [5.74, 6) is -0.0197. The van der Waals surface area contributed by atoms with Crippen LogP contribution in [0.15, 0.2) is 48.5 Å². The minimum absolute atomic E-state index is 0.00119. The van der Waals surface area contributed by atoms with Crippen molar-refractivity contribution in [3.8, 4) is 0 Å². The van der Waals surface area contributed by atoms with E-state index in [9.17, 15) is 9.59 Å². The predicted molar refractivity (Wildman–Crippen MR) is 132 cm³/mol. The number of hydrogen-bond acceptors (Lipinski definition) is 4. The Kier molecular flexibility index (Phi) is 6.15. The van der Waals surface area contributed by atoms with Crippen molar-refractivity contribution in [2.24, 2.45) is 0 Å². The Hall–Kier alpha value is -3.16. The second-order valence-corrected chi connectivity index (χ2v) is 9.63. The third-order valence-corrected chi connectivity index (χ3v) is 7.08. The molecule has 1 spiro atoms. The average Bonchev–Trinajstić information content (AvgIpc) is 3.42. The van der Waals surface area contributed by atoms with Crippen molar-refractivity contribution in [3.05, 3.63) is 70.9 Å². The number of hydrogen-bond donors (Lipinski definition) is 2. The highest BCUT2D eigenvalue weighted by Crippen LogP contribution is 2.44. The zero-order chi connectivity index (χ0) is 23.7. The molecule has 1 fully saturated rings. The number of aromatic nitrogens is 1. The van der Waals surface area contributed by atoms with Crippen LogP contribution in [0.2, 0.25) is 0 Å². The largest absolute Gasteiger partial charge is 0.365 e. The number of ether oxygens (including phenoxy) is 1. The Morgan fingerprint density at radius 2 is 1.91 bits per heavy atom. The molecular weight excluding hydrogens is 428 g/mol. The number of fused-ring (bicyclic) bond motifs is 3. The molecule has 2 amide bonds. The Labute approximate surface area is 200 Å². The number of nitrogens with one attached hydrogen (secondary N) is 2. The summed E-state index contributed by atoms with van der Waals surface area (Å²) in [7, 11) is 3.96. The van der Waals surface area contributed by atoms with Crippen molar-refractivity contribution in [1.82, 2.24) is 20.1 Å². The number of amides is 2. The first-order valence-electron chi connectivity index (χ1n) is 12.0. The molecule has 0 aliphatic carbocycles. The van der Waals surface area contributed by atoms with E-state index in [2.05, 4.69) is 34.6 Å². The van der Waals surface area contributed by atoms with Gasteiger partial charge in [-0.3, -0.25) is 9.59 Å². The van der Waals surface area contributed by atoms with Gasteiger partial charge in [-0.25, -0.2) is 0 Å². The zero-order valence-corrected chi connectivity index (χ0v) is 19.9. The molecule has 0 saturated carbocycles. The van der Waals surface area contributed by atoms with Gasteiger partial charge in [0.15, 0.2) is 0 Å². The van der Waals surface area contributed by atoms with Gasteiger partial charge in [0.25, 0.3) is 5.91 Å². The van der Waals surface area contributed by atoms with Crippen molar-refractivity contribution in [3.63, 3.8) is 0 Å². The number of para-hydroxylation sites is 1. The van der Waals surface area contributed by atoms with Crippen LogP contribution in [0.25, 0.3) is 10.9 Å². The molecule has 5 rings (SSSR count).